The zero-order chi connectivity index (χ0) is 20.8. The maximum absolute atomic E-state index is 13.0. The average Bonchev–Trinajstić information content (AvgIpc) is 3.17. The van der Waals surface area contributed by atoms with E-state index in [0.29, 0.717) is 25.4 Å². The Kier molecular flexibility index (Phi) is 4.83. The highest BCUT2D eigenvalue weighted by Gasteiger charge is 2.46. The van der Waals surface area contributed by atoms with Gasteiger partial charge >= 0.3 is 6.03 Å². The van der Waals surface area contributed by atoms with E-state index in [0.717, 1.165) is 42.6 Å². The molecular formula is C23H32N4O2. The van der Waals surface area contributed by atoms with Crippen molar-refractivity contribution in [3.8, 4) is 5.75 Å². The number of hydrogen-bond donors (Lipinski definition) is 2. The van der Waals surface area contributed by atoms with Crippen molar-refractivity contribution in [2.24, 2.45) is 5.41 Å². The number of amides is 2. The molecular weight excluding hydrogens is 364 g/mol. The Bertz CT molecular complexity index is 919. The third-order valence-electron chi connectivity index (χ3n) is 7.56. The van der Waals surface area contributed by atoms with E-state index in [2.05, 4.69) is 36.8 Å². The molecule has 2 aliphatic rings. The first-order valence-electron chi connectivity index (χ1n) is 10.6. The minimum absolute atomic E-state index is 0.0681. The van der Waals surface area contributed by atoms with E-state index in [4.69, 9.17) is 0 Å². The Morgan fingerprint density at radius 1 is 1.31 bits per heavy atom. The zero-order valence-corrected chi connectivity index (χ0v) is 18.0. The van der Waals surface area contributed by atoms with Gasteiger partial charge in [-0.3, -0.25) is 0 Å². The highest BCUT2D eigenvalue weighted by molar-refractivity contribution is 5.74. The van der Waals surface area contributed by atoms with E-state index in [-0.39, 0.29) is 16.9 Å². The van der Waals surface area contributed by atoms with Crippen LogP contribution in [0.25, 0.3) is 0 Å². The first kappa shape index (κ1) is 19.8. The predicted molar refractivity (Wildman–Crippen MR) is 113 cm³/mol. The topological polar surface area (TPSA) is 72.5 Å². The van der Waals surface area contributed by atoms with Gasteiger partial charge in [0.05, 0.1) is 24.3 Å². The van der Waals surface area contributed by atoms with Crippen LogP contribution in [0.5, 0.6) is 5.75 Å². The highest BCUT2D eigenvalue weighted by Crippen LogP contribution is 2.53. The molecule has 2 N–H and O–H groups in total. The number of aromatic amines is 1. The molecule has 156 valence electrons. The molecule has 1 aromatic heterocycles. The van der Waals surface area contributed by atoms with E-state index in [1.54, 1.807) is 12.4 Å². The number of carbonyl (C=O) groups is 1. The standard InChI is InChI=1S/C23H32N4O2/c1-22(2)10-8-16-17(6-5-7-20(16)28)23(22,3)11-13-26(4)21(29)27-12-9-18-19(14-27)25-15-24-18/h5-7,15,28H,8-14H2,1-4H3,(H,24,25)/t23-/m0/s1. The third kappa shape index (κ3) is 3.28. The Balaban J connectivity index is 1.49. The fourth-order valence-electron chi connectivity index (χ4n) is 5.01. The molecule has 1 aromatic carbocycles. The highest BCUT2D eigenvalue weighted by atomic mass is 16.3. The summed E-state index contributed by atoms with van der Waals surface area (Å²) in [7, 11) is 1.90. The zero-order valence-electron chi connectivity index (χ0n) is 18.0. The number of phenols is 1. The second-order valence-corrected chi connectivity index (χ2v) is 9.47. The predicted octanol–water partition coefficient (Wildman–Crippen LogP) is 3.85. The van der Waals surface area contributed by atoms with Crippen LogP contribution in [0.15, 0.2) is 24.5 Å². The molecule has 0 saturated heterocycles. The number of carbonyl (C=O) groups excluding carboxylic acids is 1. The fourth-order valence-corrected chi connectivity index (χ4v) is 5.01. The molecule has 0 spiro atoms. The van der Waals surface area contributed by atoms with Crippen molar-refractivity contribution >= 4 is 6.03 Å². The van der Waals surface area contributed by atoms with Crippen molar-refractivity contribution in [3.63, 3.8) is 0 Å². The summed E-state index contributed by atoms with van der Waals surface area (Å²) in [5, 5.41) is 10.4. The lowest BCUT2D eigenvalue weighted by atomic mass is 9.55. The Labute approximate surface area is 172 Å². The number of fused-ring (bicyclic) bond motifs is 2. The minimum Gasteiger partial charge on any atom is -0.508 e. The van der Waals surface area contributed by atoms with Crippen molar-refractivity contribution in [3.05, 3.63) is 47.0 Å². The largest absolute Gasteiger partial charge is 0.508 e. The van der Waals surface area contributed by atoms with Gasteiger partial charge in [0.1, 0.15) is 5.75 Å². The molecule has 6 nitrogen and oxygen atoms in total. The second kappa shape index (κ2) is 7.08. The normalized spacial score (nSPS) is 22.7. The number of nitrogens with one attached hydrogen (secondary N) is 1. The second-order valence-electron chi connectivity index (χ2n) is 9.47. The number of aromatic hydroxyl groups is 1. The van der Waals surface area contributed by atoms with Gasteiger partial charge in [-0.1, -0.05) is 32.9 Å². The lowest BCUT2D eigenvalue weighted by Crippen LogP contribution is -2.48. The van der Waals surface area contributed by atoms with Gasteiger partial charge in [-0.05, 0) is 47.3 Å². The summed E-state index contributed by atoms with van der Waals surface area (Å²) in [5.41, 5.74) is 4.41. The van der Waals surface area contributed by atoms with Gasteiger partial charge in [-0.2, -0.15) is 0 Å². The first-order chi connectivity index (χ1) is 13.7. The Morgan fingerprint density at radius 2 is 2.10 bits per heavy atom. The number of urea groups is 1. The molecule has 0 unspecified atom stereocenters. The Hall–Kier alpha value is -2.50. The van der Waals surface area contributed by atoms with E-state index < -0.39 is 0 Å². The molecule has 2 heterocycles. The summed E-state index contributed by atoms with van der Waals surface area (Å²) in [5.74, 6) is 0.400. The summed E-state index contributed by atoms with van der Waals surface area (Å²) in [6, 6.07) is 5.95. The maximum atomic E-state index is 13.0. The molecule has 2 amide bonds. The third-order valence-corrected chi connectivity index (χ3v) is 7.56. The number of H-pyrrole nitrogens is 1. The molecule has 0 saturated carbocycles. The molecule has 6 heteroatoms. The average molecular weight is 397 g/mol. The van der Waals surface area contributed by atoms with Crippen molar-refractivity contribution < 1.29 is 9.90 Å². The Morgan fingerprint density at radius 3 is 2.90 bits per heavy atom. The van der Waals surface area contributed by atoms with Crippen molar-refractivity contribution in [2.45, 2.75) is 58.4 Å². The van der Waals surface area contributed by atoms with Crippen molar-refractivity contribution in [1.29, 1.82) is 0 Å². The number of benzene rings is 1. The molecule has 1 aliphatic carbocycles. The van der Waals surface area contributed by atoms with E-state index in [1.165, 1.54) is 5.56 Å². The van der Waals surface area contributed by atoms with Gasteiger partial charge in [0.2, 0.25) is 0 Å². The number of aromatic nitrogens is 2. The van der Waals surface area contributed by atoms with Crippen LogP contribution in [0, 0.1) is 5.41 Å². The monoisotopic (exact) mass is 396 g/mol. The lowest BCUT2D eigenvalue weighted by Gasteiger charge is -2.50. The van der Waals surface area contributed by atoms with Crippen LogP contribution >= 0.6 is 0 Å². The van der Waals surface area contributed by atoms with Crippen LogP contribution in [0.3, 0.4) is 0 Å². The molecule has 29 heavy (non-hydrogen) atoms. The van der Waals surface area contributed by atoms with Gasteiger partial charge in [-0.15, -0.1) is 0 Å². The molecule has 0 bridgehead atoms. The molecule has 1 aliphatic heterocycles. The molecule has 0 fully saturated rings. The van der Waals surface area contributed by atoms with Crippen LogP contribution < -0.4 is 0 Å². The van der Waals surface area contributed by atoms with Gasteiger partial charge in [0.15, 0.2) is 0 Å². The summed E-state index contributed by atoms with van der Waals surface area (Å²) in [4.78, 5) is 24.3. The van der Waals surface area contributed by atoms with Crippen LogP contribution in [0.4, 0.5) is 4.79 Å². The quantitative estimate of drug-likeness (QED) is 0.828. The van der Waals surface area contributed by atoms with Crippen LogP contribution in [-0.2, 0) is 24.8 Å². The SMILES string of the molecule is CN(CC[C@@]1(C)c2cccc(O)c2CCC1(C)C)C(=O)N1CCc2nc[nH]c2C1. The lowest BCUT2D eigenvalue weighted by molar-refractivity contribution is 0.114. The summed E-state index contributed by atoms with van der Waals surface area (Å²) in [6.45, 7) is 8.90. The fraction of sp³-hybridized carbons (Fsp3) is 0.565. The minimum atomic E-state index is -0.105. The molecule has 1 atom stereocenters. The smallest absolute Gasteiger partial charge is 0.320 e. The number of rotatable bonds is 3. The van der Waals surface area contributed by atoms with Crippen LogP contribution in [0.2, 0.25) is 0 Å². The summed E-state index contributed by atoms with van der Waals surface area (Å²) < 4.78 is 0. The number of imidazole rings is 1. The maximum Gasteiger partial charge on any atom is 0.320 e. The molecule has 0 radical (unpaired) electrons. The van der Waals surface area contributed by atoms with Gasteiger partial charge in [0.25, 0.3) is 0 Å². The number of hydrogen-bond acceptors (Lipinski definition) is 3. The first-order valence-corrected chi connectivity index (χ1v) is 10.6. The molecule has 4 rings (SSSR count). The van der Waals surface area contributed by atoms with Gasteiger partial charge in [0, 0.05) is 26.6 Å². The van der Waals surface area contributed by atoms with Crippen molar-refractivity contribution in [1.82, 2.24) is 19.8 Å². The molecule has 2 aromatic rings. The van der Waals surface area contributed by atoms with Crippen LogP contribution in [0.1, 0.15) is 56.1 Å². The van der Waals surface area contributed by atoms with Gasteiger partial charge in [-0.25, -0.2) is 9.78 Å². The number of nitrogens with zero attached hydrogens (tertiary/aromatic N) is 3. The van der Waals surface area contributed by atoms with E-state index in [9.17, 15) is 9.90 Å². The number of phenolic OH excluding ortho intramolecular Hbond substituents is 1. The summed E-state index contributed by atoms with van der Waals surface area (Å²) >= 11 is 0. The summed E-state index contributed by atoms with van der Waals surface area (Å²) in [6.07, 6.45) is 5.30. The van der Waals surface area contributed by atoms with Gasteiger partial charge < -0.3 is 19.9 Å². The van der Waals surface area contributed by atoms with E-state index >= 15 is 0 Å². The van der Waals surface area contributed by atoms with Crippen molar-refractivity contribution in [2.75, 3.05) is 20.1 Å². The van der Waals surface area contributed by atoms with Crippen LogP contribution in [-0.4, -0.2) is 51.0 Å². The van der Waals surface area contributed by atoms with E-state index in [1.807, 2.05) is 22.9 Å².